The Morgan fingerprint density at radius 3 is 1.20 bits per heavy atom. The Hall–Kier alpha value is -4.50. The molecule has 0 saturated carbocycles. The summed E-state index contributed by atoms with van der Waals surface area (Å²) in [5.41, 5.74) is 5.37. The molecule has 2 aromatic heterocycles. The summed E-state index contributed by atoms with van der Waals surface area (Å²) >= 11 is 3.72. The van der Waals surface area contributed by atoms with Crippen LogP contribution in [-0.4, -0.2) is 0 Å². The Bertz CT molecular complexity index is 2070. The third-order valence-corrected chi connectivity index (χ3v) is 11.6. The summed E-state index contributed by atoms with van der Waals surface area (Å²) in [6, 6.07) is 36.8. The molecule has 50 heavy (non-hydrogen) atoms. The van der Waals surface area contributed by atoms with Gasteiger partial charge in [0.25, 0.3) is 0 Å². The van der Waals surface area contributed by atoms with E-state index < -0.39 is 0 Å². The molecule has 0 N–H and O–H groups in total. The molecule has 0 aliphatic carbocycles. The molecule has 7 aromatic rings. The molecule has 0 aliphatic heterocycles. The zero-order valence-electron chi connectivity index (χ0n) is 29.3. The van der Waals surface area contributed by atoms with Crippen LogP contribution >= 0.6 is 22.7 Å². The number of hydrogen-bond acceptors (Lipinski definition) is 2. The first kappa shape index (κ1) is 34.0. The zero-order chi connectivity index (χ0) is 34.1. The maximum atomic E-state index is 2.36. The van der Waals surface area contributed by atoms with Crippen molar-refractivity contribution >= 4 is 88.7 Å². The first-order valence-corrected chi connectivity index (χ1v) is 20.0. The van der Waals surface area contributed by atoms with E-state index >= 15 is 0 Å². The molecule has 0 saturated heterocycles. The number of thiophene rings is 2. The molecule has 2 heterocycles. The Labute approximate surface area is 305 Å². The van der Waals surface area contributed by atoms with Crippen molar-refractivity contribution in [2.75, 3.05) is 0 Å². The van der Waals surface area contributed by atoms with Gasteiger partial charge in [-0.05, 0) is 141 Å². The molecule has 5 aromatic carbocycles. The van der Waals surface area contributed by atoms with E-state index in [0.29, 0.717) is 0 Å². The smallest absolute Gasteiger partial charge is 0.0355 e. The monoisotopic (exact) mass is 686 g/mol. The van der Waals surface area contributed by atoms with Crippen LogP contribution in [-0.2, 0) is 12.8 Å². The summed E-state index contributed by atoms with van der Waals surface area (Å²) in [5, 5.41) is 7.82. The Morgan fingerprint density at radius 2 is 0.780 bits per heavy atom. The van der Waals surface area contributed by atoms with Gasteiger partial charge in [-0.25, -0.2) is 0 Å². The highest BCUT2D eigenvalue weighted by Crippen LogP contribution is 2.36. The minimum absolute atomic E-state index is 1.18. The molecule has 0 spiro atoms. The van der Waals surface area contributed by atoms with Gasteiger partial charge >= 0.3 is 0 Å². The Morgan fingerprint density at radius 1 is 0.400 bits per heavy atom. The van der Waals surface area contributed by atoms with Crippen molar-refractivity contribution in [3.63, 3.8) is 0 Å². The van der Waals surface area contributed by atoms with Gasteiger partial charge in [0.2, 0.25) is 0 Å². The molecule has 0 atom stereocenters. The van der Waals surface area contributed by atoms with E-state index in [4.69, 9.17) is 0 Å². The van der Waals surface area contributed by atoms with Gasteiger partial charge in [0.15, 0.2) is 0 Å². The second-order valence-corrected chi connectivity index (χ2v) is 15.7. The van der Waals surface area contributed by atoms with Crippen LogP contribution in [0.1, 0.15) is 84.4 Å². The number of unbranched alkanes of at least 4 members (excludes halogenated alkanes) is 4. The quantitative estimate of drug-likeness (QED) is 0.0607. The summed E-state index contributed by atoms with van der Waals surface area (Å²) in [5.74, 6) is 0. The van der Waals surface area contributed by atoms with E-state index in [1.807, 2.05) is 22.7 Å². The van der Waals surface area contributed by atoms with Crippen LogP contribution in [0.25, 0.3) is 66.0 Å². The van der Waals surface area contributed by atoms with Crippen molar-refractivity contribution in [1.82, 2.24) is 0 Å². The number of allylic oxidation sites excluding steroid dienone is 4. The number of fused-ring (bicyclic) bond motifs is 4. The van der Waals surface area contributed by atoms with Crippen molar-refractivity contribution in [3.05, 3.63) is 153 Å². The average Bonchev–Trinajstić information content (AvgIpc) is 3.72. The molecule has 0 amide bonds. The summed E-state index contributed by atoms with van der Waals surface area (Å²) in [4.78, 5) is 2.56. The van der Waals surface area contributed by atoms with Gasteiger partial charge in [-0.2, -0.15) is 0 Å². The van der Waals surface area contributed by atoms with Crippen molar-refractivity contribution in [2.45, 2.75) is 65.2 Å². The third kappa shape index (κ3) is 8.62. The lowest BCUT2D eigenvalue weighted by Crippen LogP contribution is -1.85. The Kier molecular flexibility index (Phi) is 11.2. The molecule has 250 valence electrons. The molecule has 7 rings (SSSR count). The van der Waals surface area contributed by atoms with Gasteiger partial charge in [0.05, 0.1) is 0 Å². The van der Waals surface area contributed by atoms with Gasteiger partial charge in [0.1, 0.15) is 0 Å². The fourth-order valence-electron chi connectivity index (χ4n) is 6.66. The lowest BCUT2D eigenvalue weighted by Gasteiger charge is -2.04. The normalized spacial score (nSPS) is 12.5. The van der Waals surface area contributed by atoms with Gasteiger partial charge < -0.3 is 0 Å². The highest BCUT2D eigenvalue weighted by Gasteiger charge is 2.07. The summed E-state index contributed by atoms with van der Waals surface area (Å²) in [6.45, 7) is 4.52. The van der Waals surface area contributed by atoms with Crippen LogP contribution in [0.15, 0.2) is 121 Å². The fraction of sp³-hybridized carbons (Fsp3) is 0.208. The van der Waals surface area contributed by atoms with Gasteiger partial charge in [-0.1, -0.05) is 125 Å². The van der Waals surface area contributed by atoms with E-state index in [1.165, 1.54) is 125 Å². The minimum atomic E-state index is 1.18. The number of rotatable bonds is 14. The van der Waals surface area contributed by atoms with Crippen molar-refractivity contribution in [1.29, 1.82) is 0 Å². The highest BCUT2D eigenvalue weighted by atomic mass is 32.1. The fourth-order valence-corrected chi connectivity index (χ4v) is 8.68. The molecule has 0 fully saturated rings. The summed E-state index contributed by atoms with van der Waals surface area (Å²) in [7, 11) is 0. The van der Waals surface area contributed by atoms with Crippen LogP contribution in [0.5, 0.6) is 0 Å². The lowest BCUT2D eigenvalue weighted by atomic mass is 10.0. The largest absolute Gasteiger partial charge is 0.136 e. The first-order chi connectivity index (χ1) is 24.6. The standard InChI is InChI=1S/C48H46S2/c1-3-5-7-13-35-19-23-37(24-20-35)15-9-11-17-45-31-43-29-39-27-42-34-48-44(30-40(42)28-41(39)33-47(43)49-45)32-46(50-48)18-12-10-16-38-25-21-36(22-26-38)14-8-6-4-2/h9-12,15-34H,3-8,13-14H2,1-2H3/b15-9+,16-10+,17-11+,18-12+. The molecule has 0 nitrogen and oxygen atoms in total. The van der Waals surface area contributed by atoms with Crippen LogP contribution in [0.4, 0.5) is 0 Å². The Balaban J connectivity index is 1.02. The summed E-state index contributed by atoms with van der Waals surface area (Å²) < 4.78 is 2.67. The van der Waals surface area contributed by atoms with Crippen molar-refractivity contribution in [2.24, 2.45) is 0 Å². The van der Waals surface area contributed by atoms with Crippen LogP contribution in [0.3, 0.4) is 0 Å². The molecule has 0 radical (unpaired) electrons. The molecular formula is C48H46S2. The number of aryl methyl sites for hydroxylation is 2. The molecular weight excluding hydrogens is 641 g/mol. The van der Waals surface area contributed by atoms with E-state index in [2.05, 4.69) is 160 Å². The lowest BCUT2D eigenvalue weighted by molar-refractivity contribution is 0.717. The van der Waals surface area contributed by atoms with Gasteiger partial charge in [-0.3, -0.25) is 0 Å². The van der Waals surface area contributed by atoms with Gasteiger partial charge in [0, 0.05) is 19.2 Å². The second kappa shape index (κ2) is 16.5. The third-order valence-electron chi connectivity index (χ3n) is 9.52. The highest BCUT2D eigenvalue weighted by molar-refractivity contribution is 7.20. The van der Waals surface area contributed by atoms with E-state index in [1.54, 1.807) is 0 Å². The average molecular weight is 687 g/mol. The maximum Gasteiger partial charge on any atom is 0.0355 e. The van der Waals surface area contributed by atoms with Crippen LogP contribution < -0.4 is 0 Å². The van der Waals surface area contributed by atoms with Crippen molar-refractivity contribution in [3.8, 4) is 0 Å². The van der Waals surface area contributed by atoms with E-state index in [0.717, 1.165) is 0 Å². The predicted octanol–water partition coefficient (Wildman–Crippen LogP) is 15.3. The second-order valence-electron chi connectivity index (χ2n) is 13.5. The first-order valence-electron chi connectivity index (χ1n) is 18.4. The van der Waals surface area contributed by atoms with E-state index in [9.17, 15) is 0 Å². The number of hydrogen-bond donors (Lipinski definition) is 0. The van der Waals surface area contributed by atoms with Gasteiger partial charge in [-0.15, -0.1) is 22.7 Å². The minimum Gasteiger partial charge on any atom is -0.136 e. The maximum absolute atomic E-state index is 2.36. The zero-order valence-corrected chi connectivity index (χ0v) is 31.0. The molecule has 0 unspecified atom stereocenters. The van der Waals surface area contributed by atoms with Crippen LogP contribution in [0, 0.1) is 0 Å². The predicted molar refractivity (Wildman–Crippen MR) is 228 cm³/mol. The molecule has 0 bridgehead atoms. The van der Waals surface area contributed by atoms with E-state index in [-0.39, 0.29) is 0 Å². The summed E-state index contributed by atoms with van der Waals surface area (Å²) in [6.07, 6.45) is 27.5. The molecule has 2 heteroatoms. The van der Waals surface area contributed by atoms with Crippen LogP contribution in [0.2, 0.25) is 0 Å². The SMILES string of the molecule is CCCCCc1ccc(/C=C/C=C/c2cc3cc4cc5cc6sc(/C=C/C=C/c7ccc(CCCCC)cc7)cc6cc5cc4cc3s2)cc1. The van der Waals surface area contributed by atoms with Crippen molar-refractivity contribution < 1.29 is 0 Å². The molecule has 0 aliphatic rings. The topological polar surface area (TPSA) is 0 Å². The number of benzene rings is 5.